The number of hydrogen-bond acceptors (Lipinski definition) is 1. The van der Waals surface area contributed by atoms with Gasteiger partial charge in [-0.1, -0.05) is 18.0 Å². The minimum Gasteiger partial charge on any atom is -0.368 e. The lowest BCUT2D eigenvalue weighted by Gasteiger charge is -2.57. The molecule has 1 aromatic carbocycles. The lowest BCUT2D eigenvalue weighted by molar-refractivity contribution is 0.0903. The molecule has 4 heteroatoms. The fraction of sp³-hybridized carbons (Fsp3) is 0.500. The Hall–Kier alpha value is -0.280. The maximum absolute atomic E-state index is 13.1. The van der Waals surface area contributed by atoms with Crippen molar-refractivity contribution in [2.24, 2.45) is 5.41 Å². The average molecular weight is 305 g/mol. The van der Waals surface area contributed by atoms with E-state index in [-0.39, 0.29) is 5.82 Å². The summed E-state index contributed by atoms with van der Waals surface area (Å²) in [4.78, 5) is 2.24. The highest BCUT2D eigenvalue weighted by Crippen LogP contribution is 2.51. The molecule has 86 valence electrons. The highest BCUT2D eigenvalue weighted by atomic mass is 79.9. The maximum atomic E-state index is 13.1. The van der Waals surface area contributed by atoms with Crippen molar-refractivity contribution in [2.75, 3.05) is 18.0 Å². The molecule has 0 radical (unpaired) electrons. The first-order valence-electron chi connectivity index (χ1n) is 5.49. The molecule has 1 aliphatic carbocycles. The molecular formula is C12H12BrClFN. The van der Waals surface area contributed by atoms with Crippen molar-refractivity contribution >= 4 is 33.2 Å². The Balaban J connectivity index is 1.85. The van der Waals surface area contributed by atoms with Crippen molar-refractivity contribution in [3.63, 3.8) is 0 Å². The second kappa shape index (κ2) is 3.61. The molecule has 0 aromatic heterocycles. The highest BCUT2D eigenvalue weighted by molar-refractivity contribution is 9.10. The van der Waals surface area contributed by atoms with Crippen molar-refractivity contribution in [2.45, 2.75) is 19.3 Å². The van der Waals surface area contributed by atoms with E-state index in [1.807, 2.05) is 0 Å². The van der Waals surface area contributed by atoms with Gasteiger partial charge in [0.1, 0.15) is 5.82 Å². The summed E-state index contributed by atoms with van der Waals surface area (Å²) in [5.74, 6) is -0.292. The quantitative estimate of drug-likeness (QED) is 0.750. The Kier molecular flexibility index (Phi) is 2.44. The van der Waals surface area contributed by atoms with Crippen LogP contribution in [0.4, 0.5) is 10.1 Å². The normalized spacial score (nSPS) is 21.8. The molecule has 1 aromatic rings. The van der Waals surface area contributed by atoms with Gasteiger partial charge in [0, 0.05) is 23.0 Å². The van der Waals surface area contributed by atoms with Gasteiger partial charge in [0.15, 0.2) is 0 Å². The van der Waals surface area contributed by atoms with Gasteiger partial charge in [-0.2, -0.15) is 0 Å². The van der Waals surface area contributed by atoms with E-state index in [0.29, 0.717) is 10.4 Å². The van der Waals surface area contributed by atoms with Crippen LogP contribution >= 0.6 is 27.5 Å². The van der Waals surface area contributed by atoms with Crippen LogP contribution in [-0.2, 0) is 0 Å². The van der Waals surface area contributed by atoms with Gasteiger partial charge in [0.2, 0.25) is 0 Å². The van der Waals surface area contributed by atoms with E-state index in [9.17, 15) is 4.39 Å². The van der Waals surface area contributed by atoms with Gasteiger partial charge in [-0.25, -0.2) is 4.39 Å². The number of halogens is 3. The molecular weight excluding hydrogens is 292 g/mol. The molecule has 1 aliphatic heterocycles. The van der Waals surface area contributed by atoms with Gasteiger partial charge in [-0.3, -0.25) is 0 Å². The fourth-order valence-corrected chi connectivity index (χ4v) is 3.87. The van der Waals surface area contributed by atoms with E-state index in [1.54, 1.807) is 0 Å². The van der Waals surface area contributed by atoms with Crippen LogP contribution in [0.25, 0.3) is 0 Å². The Morgan fingerprint density at radius 1 is 1.31 bits per heavy atom. The third-order valence-corrected chi connectivity index (χ3v) is 4.66. The van der Waals surface area contributed by atoms with Gasteiger partial charge >= 0.3 is 0 Å². The van der Waals surface area contributed by atoms with Crippen LogP contribution in [0.1, 0.15) is 19.3 Å². The van der Waals surface area contributed by atoms with Crippen molar-refractivity contribution in [1.82, 2.24) is 0 Å². The second-order valence-electron chi connectivity index (χ2n) is 4.93. The predicted octanol–water partition coefficient (Wildman–Crippen LogP) is 4.23. The Morgan fingerprint density at radius 3 is 2.50 bits per heavy atom. The summed E-state index contributed by atoms with van der Waals surface area (Å²) < 4.78 is 13.8. The number of rotatable bonds is 1. The highest BCUT2D eigenvalue weighted by Gasteiger charge is 2.48. The minimum absolute atomic E-state index is 0.292. The first-order chi connectivity index (χ1) is 7.60. The Bertz CT molecular complexity index is 414. The molecule has 2 fully saturated rings. The van der Waals surface area contributed by atoms with Crippen LogP contribution in [-0.4, -0.2) is 13.1 Å². The SMILES string of the molecule is Fc1cc(Cl)c(N2CC3(CCC3)C2)c(Br)c1. The number of nitrogens with zero attached hydrogens (tertiary/aromatic N) is 1. The molecule has 1 nitrogen and oxygen atoms in total. The summed E-state index contributed by atoms with van der Waals surface area (Å²) in [5.41, 5.74) is 1.50. The topological polar surface area (TPSA) is 3.24 Å². The first kappa shape index (κ1) is 10.8. The average Bonchev–Trinajstić information content (AvgIpc) is 2.03. The molecule has 0 amide bonds. The Morgan fingerprint density at radius 2 is 2.00 bits per heavy atom. The van der Waals surface area contributed by atoms with Crippen LogP contribution in [0.5, 0.6) is 0 Å². The van der Waals surface area contributed by atoms with Crippen LogP contribution in [0.3, 0.4) is 0 Å². The molecule has 16 heavy (non-hydrogen) atoms. The standard InChI is InChI=1S/C12H12BrClFN/c13-9-4-8(15)5-10(14)11(9)16-6-12(7-16)2-1-3-12/h4-5H,1-3,6-7H2. The third-order valence-electron chi connectivity index (χ3n) is 3.76. The molecule has 1 heterocycles. The van der Waals surface area contributed by atoms with Crippen LogP contribution in [0.2, 0.25) is 5.02 Å². The van der Waals surface area contributed by atoms with E-state index in [4.69, 9.17) is 11.6 Å². The van der Waals surface area contributed by atoms with Crippen molar-refractivity contribution in [3.8, 4) is 0 Å². The number of hydrogen-bond donors (Lipinski definition) is 0. The lowest BCUT2D eigenvalue weighted by atomic mass is 9.63. The predicted molar refractivity (Wildman–Crippen MR) is 67.6 cm³/mol. The second-order valence-corrected chi connectivity index (χ2v) is 6.19. The smallest absolute Gasteiger partial charge is 0.125 e. The van der Waals surface area contributed by atoms with Gasteiger partial charge in [-0.15, -0.1) is 0 Å². The van der Waals surface area contributed by atoms with E-state index in [2.05, 4.69) is 20.8 Å². The maximum Gasteiger partial charge on any atom is 0.125 e. The first-order valence-corrected chi connectivity index (χ1v) is 6.66. The summed E-state index contributed by atoms with van der Waals surface area (Å²) in [6.45, 7) is 2.13. The molecule has 1 spiro atoms. The fourth-order valence-electron chi connectivity index (χ4n) is 2.75. The van der Waals surface area contributed by atoms with E-state index in [0.717, 1.165) is 23.2 Å². The van der Waals surface area contributed by atoms with Gasteiger partial charge in [0.05, 0.1) is 10.7 Å². The molecule has 0 N–H and O–H groups in total. The summed E-state index contributed by atoms with van der Waals surface area (Å²) in [6.07, 6.45) is 4.02. The van der Waals surface area contributed by atoms with Crippen molar-refractivity contribution in [3.05, 3.63) is 27.4 Å². The van der Waals surface area contributed by atoms with Crippen LogP contribution in [0.15, 0.2) is 16.6 Å². The molecule has 3 rings (SSSR count). The van der Waals surface area contributed by atoms with Crippen molar-refractivity contribution in [1.29, 1.82) is 0 Å². The van der Waals surface area contributed by atoms with Gasteiger partial charge in [-0.05, 0) is 40.9 Å². The van der Waals surface area contributed by atoms with E-state index >= 15 is 0 Å². The summed E-state index contributed by atoms with van der Waals surface area (Å²) in [5, 5.41) is 0.501. The third kappa shape index (κ3) is 1.56. The summed E-state index contributed by atoms with van der Waals surface area (Å²) in [6, 6.07) is 2.86. The molecule has 1 saturated carbocycles. The number of anilines is 1. The van der Waals surface area contributed by atoms with Crippen LogP contribution < -0.4 is 4.90 Å². The molecule has 2 aliphatic rings. The van der Waals surface area contributed by atoms with E-state index < -0.39 is 0 Å². The zero-order chi connectivity index (χ0) is 11.3. The van der Waals surface area contributed by atoms with Gasteiger partial charge < -0.3 is 4.90 Å². The monoisotopic (exact) mass is 303 g/mol. The van der Waals surface area contributed by atoms with E-state index in [1.165, 1.54) is 31.4 Å². The minimum atomic E-state index is -0.292. The molecule has 0 unspecified atom stereocenters. The zero-order valence-corrected chi connectivity index (χ0v) is 11.1. The molecule has 0 atom stereocenters. The zero-order valence-electron chi connectivity index (χ0n) is 8.77. The summed E-state index contributed by atoms with van der Waals surface area (Å²) >= 11 is 9.47. The largest absolute Gasteiger partial charge is 0.368 e. The molecule has 1 saturated heterocycles. The van der Waals surface area contributed by atoms with Crippen LogP contribution in [0, 0.1) is 11.2 Å². The lowest BCUT2D eigenvalue weighted by Crippen LogP contribution is -2.60. The molecule has 0 bridgehead atoms. The van der Waals surface area contributed by atoms with Gasteiger partial charge in [0.25, 0.3) is 0 Å². The van der Waals surface area contributed by atoms with Crippen molar-refractivity contribution < 1.29 is 4.39 Å². The Labute approximate surface area is 108 Å². The number of benzene rings is 1. The summed E-state index contributed by atoms with van der Waals surface area (Å²) in [7, 11) is 0.